The Balaban J connectivity index is 0.000000200. The molecule has 39 heteroatoms. The number of fused-ring (bicyclic) bond motifs is 2. The number of hydrogen-bond donors (Lipinski definition) is 4. The molecule has 2 atom stereocenters. The molecule has 2 fully saturated rings. The van der Waals surface area contributed by atoms with E-state index in [0.717, 1.165) is 35.6 Å². The van der Waals surface area contributed by atoms with Crippen LogP contribution in [0.25, 0.3) is 44.8 Å². The van der Waals surface area contributed by atoms with Crippen molar-refractivity contribution < 1.29 is 79.9 Å². The zero-order chi connectivity index (χ0) is 82.3. The van der Waals surface area contributed by atoms with Gasteiger partial charge in [0.15, 0.2) is 51.7 Å². The minimum absolute atomic E-state index is 0.0148. The molecule has 113 heavy (non-hydrogen) atoms. The van der Waals surface area contributed by atoms with Gasteiger partial charge in [-0.05, 0) is 163 Å². The van der Waals surface area contributed by atoms with Gasteiger partial charge >= 0.3 is 36.6 Å². The van der Waals surface area contributed by atoms with Crippen molar-refractivity contribution in [3.8, 4) is 22.5 Å². The number of piperidine rings is 2. The predicted molar refractivity (Wildman–Crippen MR) is 400 cm³/mol. The number of ether oxygens (including phenoxy) is 6. The van der Waals surface area contributed by atoms with Crippen LogP contribution in [0.1, 0.15) is 131 Å². The van der Waals surface area contributed by atoms with E-state index in [0.29, 0.717) is 111 Å². The summed E-state index contributed by atoms with van der Waals surface area (Å²) >= 11 is 0. The van der Waals surface area contributed by atoms with E-state index in [1.165, 1.54) is 51.7 Å². The van der Waals surface area contributed by atoms with Crippen molar-refractivity contribution in [3.05, 3.63) is 144 Å². The van der Waals surface area contributed by atoms with Crippen LogP contribution >= 0.6 is 0 Å². The van der Waals surface area contributed by atoms with Crippen LogP contribution in [0, 0.1) is 23.3 Å². The van der Waals surface area contributed by atoms with Crippen LogP contribution in [-0.2, 0) is 66.7 Å². The van der Waals surface area contributed by atoms with E-state index in [-0.39, 0.29) is 42.5 Å². The zero-order valence-electron chi connectivity index (χ0n) is 65.2. The molecule has 0 spiro atoms. The van der Waals surface area contributed by atoms with Crippen LogP contribution in [0.4, 0.5) is 69.3 Å². The summed E-state index contributed by atoms with van der Waals surface area (Å²) in [6.45, 7) is 21.8. The molecule has 10 heterocycles. The molecule has 2 aliphatic rings. The standard InChI is InChI=1S/C37H43F2N11O6.C22H24F2N6O3.C15H21N5O4/c1-35(2,3)55-33(52)50(34(53)56-36(4,5)6)31-29-30(41-20-42-31)49(21-43-29)17-23-15-26(22-10-11-24(38)25(39)14-22)40-16-27(23)48-13-9-12-37(19-48,44-32(51)54-8)28-18-47(7)46-45-28;1-29-11-20(27-28-29)22(26-21(32)33-2)6-3-7-30(13-22)19-10-25-18(9-15(19)12-31)14-4-5-16(23)17(24)8-14;1-14(2,3)23-12(21)20(13(22)24-15(4,5)6)11-9-10(17-7-16-9)18-8-19-11/h10-11,14-16,18,20-21H,9,12-13,17,19H2,1-8H3,(H,44,51);4-5,8-11,31H,3,6-7,12-13H2,1-2H3,(H,26,32);7-8H,1-6H3,(H,16,17,18,19). The third-order valence-electron chi connectivity index (χ3n) is 17.1. The Morgan fingerprint density at radius 1 is 0.549 bits per heavy atom. The van der Waals surface area contributed by atoms with Gasteiger partial charge in [0.2, 0.25) is 0 Å². The first-order chi connectivity index (χ1) is 53.2. The number of rotatable bonds is 13. The number of pyridine rings is 2. The van der Waals surface area contributed by atoms with E-state index in [1.54, 1.807) is 148 Å². The SMILES string of the molecule is CC(C)(C)OC(=O)N(C(=O)OC(C)(C)C)c1ncnc2nc[nH]c12.COC(=O)NC1(c2cn(C)nn2)CCCN(c2cnc(-c3ccc(F)c(F)c3)cc2CO)C1.COC(=O)NC1(c2cn(C)nn2)CCCN(c2cnc(-c3ccc(F)c(F)c3)cc2Cn2cnc3c(N(C(=O)OC(C)(C)C)C(=O)OC(C)(C)C)ncnc32)C1. The largest absolute Gasteiger partial charge is 0.453 e. The summed E-state index contributed by atoms with van der Waals surface area (Å²) in [4.78, 5) is 120. The Bertz CT molecular complexity index is 5090. The van der Waals surface area contributed by atoms with Crippen LogP contribution in [0.15, 0.2) is 98.6 Å². The molecule has 4 N–H and O–H groups in total. The van der Waals surface area contributed by atoms with Gasteiger partial charge < -0.3 is 63.5 Å². The fourth-order valence-electron chi connectivity index (χ4n) is 12.3. The highest BCUT2D eigenvalue weighted by Gasteiger charge is 2.45. The lowest BCUT2D eigenvalue weighted by molar-refractivity contribution is 0.0407. The normalized spacial score (nSPS) is 15.9. The summed E-state index contributed by atoms with van der Waals surface area (Å²) in [6.07, 6.45) is 9.40. The lowest BCUT2D eigenvalue weighted by Crippen LogP contribution is -2.57. The molecule has 0 saturated carbocycles. The maximum absolute atomic E-state index is 14.4. The fourth-order valence-corrected chi connectivity index (χ4v) is 12.3. The third-order valence-corrected chi connectivity index (χ3v) is 17.1. The van der Waals surface area contributed by atoms with E-state index in [2.05, 4.69) is 76.1 Å². The Hall–Kier alpha value is -12.6. The van der Waals surface area contributed by atoms with Gasteiger partial charge in [-0.1, -0.05) is 10.4 Å². The number of aliphatic hydroxyl groups excluding tert-OH is 1. The number of hydrogen-bond acceptors (Lipinski definition) is 27. The molecule has 2 aromatic carbocycles. The molecule has 600 valence electrons. The molecule has 6 amide bonds. The number of aliphatic hydroxyl groups is 1. The molecule has 35 nitrogen and oxygen atoms in total. The third kappa shape index (κ3) is 20.1. The van der Waals surface area contributed by atoms with Gasteiger partial charge in [-0.2, -0.15) is 9.80 Å². The number of nitrogens with one attached hydrogen (secondary N) is 3. The van der Waals surface area contributed by atoms with Crippen LogP contribution in [0.5, 0.6) is 0 Å². The number of imidazole rings is 2. The molecule has 2 unspecified atom stereocenters. The van der Waals surface area contributed by atoms with Crippen molar-refractivity contribution >= 4 is 81.9 Å². The number of H-pyrrole nitrogens is 1. The summed E-state index contributed by atoms with van der Waals surface area (Å²) in [5.41, 5.74) is 0.807. The number of aromatic amines is 1. The molecular weight excluding hydrogens is 1480 g/mol. The van der Waals surface area contributed by atoms with Gasteiger partial charge in [0.25, 0.3) is 0 Å². The maximum Gasteiger partial charge on any atom is 0.425 e. The average Bonchev–Trinajstić information content (AvgIpc) is 1.75. The second kappa shape index (κ2) is 33.6. The Morgan fingerprint density at radius 3 is 1.41 bits per heavy atom. The number of halogens is 4. The minimum atomic E-state index is -1.03. The van der Waals surface area contributed by atoms with Gasteiger partial charge in [0, 0.05) is 57.0 Å². The highest BCUT2D eigenvalue weighted by Crippen LogP contribution is 2.39. The molecule has 0 aliphatic carbocycles. The molecule has 12 rings (SSSR count). The van der Waals surface area contributed by atoms with Crippen molar-refractivity contribution in [3.63, 3.8) is 0 Å². The first-order valence-electron chi connectivity index (χ1n) is 35.5. The fraction of sp³-hybridized carbons (Fsp3) is 0.432. The number of aromatic nitrogens is 16. The second-order valence-corrected chi connectivity index (χ2v) is 30.4. The smallest absolute Gasteiger partial charge is 0.425 e. The van der Waals surface area contributed by atoms with Crippen LogP contribution in [0.2, 0.25) is 0 Å². The monoisotopic (exact) mass is 1570 g/mol. The van der Waals surface area contributed by atoms with E-state index in [1.807, 2.05) is 9.80 Å². The topological polar surface area (TPSA) is 400 Å². The number of carbonyl (C=O) groups is 6. The van der Waals surface area contributed by atoms with Crippen molar-refractivity contribution in [1.82, 2.24) is 90.0 Å². The molecular formula is C74H88F4N22O13. The molecule has 2 aliphatic heterocycles. The summed E-state index contributed by atoms with van der Waals surface area (Å²) in [5, 5.41) is 32.6. The molecule has 8 aromatic heterocycles. The number of carbonyl (C=O) groups excluding carboxylic acids is 6. The lowest BCUT2D eigenvalue weighted by Gasteiger charge is -2.43. The van der Waals surface area contributed by atoms with E-state index < -0.39 is 93.3 Å². The highest BCUT2D eigenvalue weighted by molar-refractivity contribution is 6.13. The zero-order valence-corrected chi connectivity index (χ0v) is 65.2. The van der Waals surface area contributed by atoms with Crippen molar-refractivity contribution in [2.45, 2.75) is 155 Å². The van der Waals surface area contributed by atoms with Gasteiger partial charge in [-0.3, -0.25) is 19.3 Å². The molecule has 2 saturated heterocycles. The minimum Gasteiger partial charge on any atom is -0.453 e. The summed E-state index contributed by atoms with van der Waals surface area (Å²) in [5.74, 6) is -4.08. The van der Waals surface area contributed by atoms with Crippen LogP contribution < -0.4 is 30.2 Å². The van der Waals surface area contributed by atoms with Crippen molar-refractivity contribution in [2.75, 3.05) is 60.0 Å². The van der Waals surface area contributed by atoms with E-state index in [9.17, 15) is 51.4 Å². The quantitative estimate of drug-likeness (QED) is 0.0615. The van der Waals surface area contributed by atoms with Crippen molar-refractivity contribution in [2.24, 2.45) is 14.1 Å². The lowest BCUT2D eigenvalue weighted by atomic mass is 9.85. The molecule has 0 radical (unpaired) electrons. The number of anilines is 4. The summed E-state index contributed by atoms with van der Waals surface area (Å²) in [7, 11) is 6.05. The first-order valence-corrected chi connectivity index (χ1v) is 35.5. The van der Waals surface area contributed by atoms with Crippen LogP contribution in [-0.4, -0.2) is 184 Å². The van der Waals surface area contributed by atoms with Gasteiger partial charge in [-0.25, -0.2) is 76.2 Å². The number of nitrogens with zero attached hydrogens (tertiary/aromatic N) is 19. The van der Waals surface area contributed by atoms with E-state index >= 15 is 0 Å². The van der Waals surface area contributed by atoms with Gasteiger partial charge in [-0.15, -0.1) is 10.2 Å². The Kier molecular flexibility index (Phi) is 24.6. The van der Waals surface area contributed by atoms with Crippen LogP contribution in [0.3, 0.4) is 0 Å². The number of methoxy groups -OCH3 is 2. The number of amides is 6. The predicted octanol–water partition coefficient (Wildman–Crippen LogP) is 11.4. The van der Waals surface area contributed by atoms with Crippen molar-refractivity contribution in [1.29, 1.82) is 0 Å². The number of imide groups is 2. The number of aryl methyl sites for hydroxylation is 2. The molecule has 0 bridgehead atoms. The number of benzene rings is 2. The molecule has 10 aromatic rings. The Labute approximate surface area is 645 Å². The Morgan fingerprint density at radius 2 is 0.982 bits per heavy atom. The van der Waals surface area contributed by atoms with Gasteiger partial charge in [0.1, 0.15) is 63.0 Å². The first kappa shape index (κ1) is 82.9. The maximum atomic E-state index is 14.4. The number of alkyl carbamates (subject to hydrolysis) is 2. The second-order valence-electron chi connectivity index (χ2n) is 30.4. The van der Waals surface area contributed by atoms with E-state index in [4.69, 9.17) is 28.4 Å². The van der Waals surface area contributed by atoms with Gasteiger partial charge in [0.05, 0.1) is 87.6 Å². The summed E-state index contributed by atoms with van der Waals surface area (Å²) < 4.78 is 91.7. The highest BCUT2D eigenvalue weighted by atomic mass is 19.2. The average molecular weight is 1570 g/mol. The summed E-state index contributed by atoms with van der Waals surface area (Å²) in [6, 6.07) is 10.5.